The van der Waals surface area contributed by atoms with Crippen molar-refractivity contribution >= 4 is 95.1 Å². The Balaban J connectivity index is 1.38. The van der Waals surface area contributed by atoms with Gasteiger partial charge in [-0.3, -0.25) is 0 Å². The lowest BCUT2D eigenvalue weighted by Gasteiger charge is -1.98. The van der Waals surface area contributed by atoms with E-state index in [1.165, 1.54) is 94.7 Å². The Morgan fingerprint density at radius 1 is 0.600 bits per heavy atom. The number of rotatable bonds is 7. The summed E-state index contributed by atoms with van der Waals surface area (Å²) in [5, 5.41) is 8.03. The predicted octanol–water partition coefficient (Wildman–Crippen LogP) is 10.6. The van der Waals surface area contributed by atoms with Crippen molar-refractivity contribution in [3.8, 4) is 0 Å². The molecule has 0 bridgehead atoms. The van der Waals surface area contributed by atoms with E-state index in [9.17, 15) is 0 Å². The van der Waals surface area contributed by atoms with Gasteiger partial charge in [-0.05, 0) is 42.5 Å². The summed E-state index contributed by atoms with van der Waals surface area (Å²) in [5.74, 6) is 0. The molecule has 0 nitrogen and oxygen atoms in total. The molecule has 0 aliphatic carbocycles. The van der Waals surface area contributed by atoms with Gasteiger partial charge in [0.2, 0.25) is 0 Å². The van der Waals surface area contributed by atoms with Crippen LogP contribution in [0.1, 0.15) is 50.3 Å². The van der Waals surface area contributed by atoms with Crippen LogP contribution >= 0.6 is 45.3 Å². The largest absolute Gasteiger partial charge is 0.144 e. The fourth-order valence-corrected chi connectivity index (χ4v) is 9.50. The van der Waals surface area contributed by atoms with E-state index in [2.05, 4.69) is 48.7 Å². The predicted molar refractivity (Wildman–Crippen MR) is 143 cm³/mol. The molecular weight excluding hydrogens is 441 g/mol. The molecule has 0 fully saturated rings. The quantitative estimate of drug-likeness (QED) is 0.206. The molecule has 4 heteroatoms. The first-order chi connectivity index (χ1) is 14.8. The fraction of sp³-hybridized carbons (Fsp3) is 0.308. The number of aryl methyl sites for hydroxylation is 1. The van der Waals surface area contributed by atoms with Crippen molar-refractivity contribution in [1.82, 2.24) is 0 Å². The Labute approximate surface area is 192 Å². The van der Waals surface area contributed by atoms with E-state index >= 15 is 0 Å². The summed E-state index contributed by atoms with van der Waals surface area (Å²) >= 11 is 7.86. The van der Waals surface area contributed by atoms with E-state index < -0.39 is 0 Å². The number of benzene rings is 2. The highest BCUT2D eigenvalue weighted by molar-refractivity contribution is 7.37. The Kier molecular flexibility index (Phi) is 5.07. The van der Waals surface area contributed by atoms with Gasteiger partial charge < -0.3 is 0 Å². The van der Waals surface area contributed by atoms with Crippen LogP contribution in [-0.4, -0.2) is 0 Å². The molecular formula is C26H24S4. The number of fused-ring (bicyclic) bond motifs is 9. The average molecular weight is 465 g/mol. The smallest absolute Gasteiger partial charge is 0.0542 e. The van der Waals surface area contributed by atoms with Gasteiger partial charge in [-0.15, -0.1) is 45.3 Å². The number of hydrogen-bond donors (Lipinski definition) is 0. The number of hydrogen-bond acceptors (Lipinski definition) is 4. The van der Waals surface area contributed by atoms with Crippen molar-refractivity contribution in [2.24, 2.45) is 0 Å². The molecule has 0 saturated carbocycles. The minimum Gasteiger partial charge on any atom is -0.144 e. The lowest BCUT2D eigenvalue weighted by Crippen LogP contribution is -1.82. The van der Waals surface area contributed by atoms with Crippen molar-refractivity contribution < 1.29 is 0 Å². The van der Waals surface area contributed by atoms with E-state index in [1.807, 2.05) is 45.3 Å². The molecule has 4 heterocycles. The second kappa shape index (κ2) is 7.90. The van der Waals surface area contributed by atoms with Crippen LogP contribution in [0.15, 0.2) is 41.8 Å². The zero-order valence-corrected chi connectivity index (χ0v) is 20.4. The van der Waals surface area contributed by atoms with Crippen molar-refractivity contribution in [1.29, 1.82) is 0 Å². The van der Waals surface area contributed by atoms with E-state index in [-0.39, 0.29) is 0 Å². The lowest BCUT2D eigenvalue weighted by atomic mass is 10.1. The minimum atomic E-state index is 1.24. The maximum absolute atomic E-state index is 2.49. The summed E-state index contributed by atoms with van der Waals surface area (Å²) in [7, 11) is 0. The molecule has 30 heavy (non-hydrogen) atoms. The molecule has 0 saturated heterocycles. The molecule has 0 N–H and O–H groups in total. The van der Waals surface area contributed by atoms with Gasteiger partial charge in [-0.2, -0.15) is 0 Å². The summed E-state index contributed by atoms with van der Waals surface area (Å²) in [6.07, 6.45) is 9.48. The van der Waals surface area contributed by atoms with Crippen molar-refractivity contribution in [3.05, 3.63) is 46.7 Å². The summed E-state index contributed by atoms with van der Waals surface area (Å²) in [4.78, 5) is 1.56. The number of unbranched alkanes of at least 4 members (excludes halogenated alkanes) is 5. The van der Waals surface area contributed by atoms with Gasteiger partial charge >= 0.3 is 0 Å². The van der Waals surface area contributed by atoms with Crippen LogP contribution in [0.25, 0.3) is 49.7 Å². The Hall–Kier alpha value is -1.46. The van der Waals surface area contributed by atoms with Crippen molar-refractivity contribution in [2.45, 2.75) is 51.9 Å². The Morgan fingerprint density at radius 2 is 1.30 bits per heavy atom. The van der Waals surface area contributed by atoms with Crippen molar-refractivity contribution in [3.63, 3.8) is 0 Å². The zero-order valence-electron chi connectivity index (χ0n) is 17.1. The van der Waals surface area contributed by atoms with Gasteiger partial charge in [-0.1, -0.05) is 51.2 Å². The zero-order chi connectivity index (χ0) is 20.1. The summed E-state index contributed by atoms with van der Waals surface area (Å²) in [6.45, 7) is 2.29. The van der Waals surface area contributed by atoms with Gasteiger partial charge in [0.15, 0.2) is 0 Å². The second-order valence-electron chi connectivity index (χ2n) is 8.22. The molecule has 2 aromatic carbocycles. The average Bonchev–Trinajstić information content (AvgIpc) is 3.50. The molecule has 0 atom stereocenters. The lowest BCUT2D eigenvalue weighted by molar-refractivity contribution is 0.609. The third kappa shape index (κ3) is 3.12. The fourth-order valence-electron chi connectivity index (χ4n) is 4.59. The monoisotopic (exact) mass is 464 g/mol. The molecule has 152 valence electrons. The first-order valence-electron chi connectivity index (χ1n) is 11.0. The van der Waals surface area contributed by atoms with Crippen LogP contribution in [0.5, 0.6) is 0 Å². The Bertz CT molecular complexity index is 1490. The maximum Gasteiger partial charge on any atom is 0.0542 e. The summed E-state index contributed by atoms with van der Waals surface area (Å²) in [6, 6.07) is 14.2. The third-order valence-electron chi connectivity index (χ3n) is 6.17. The van der Waals surface area contributed by atoms with E-state index in [0.29, 0.717) is 0 Å². The van der Waals surface area contributed by atoms with E-state index in [0.717, 1.165) is 0 Å². The number of thiophene rings is 4. The minimum absolute atomic E-state index is 1.24. The standard InChI is InChI=1S/C26H24S4/c1-2-3-4-5-6-7-8-16-15-20-22(28-16)12-10-19-24(20)30-25-18-9-11-21-17(13-14-27-21)23(18)29-26(19)25/h9-15H,2-8H2,1H3. The van der Waals surface area contributed by atoms with Crippen LogP contribution in [0.3, 0.4) is 0 Å². The highest BCUT2D eigenvalue weighted by Gasteiger charge is 2.16. The van der Waals surface area contributed by atoms with Crippen LogP contribution in [0, 0.1) is 0 Å². The highest BCUT2D eigenvalue weighted by atomic mass is 32.1. The van der Waals surface area contributed by atoms with Crippen LogP contribution in [0.4, 0.5) is 0 Å². The molecule has 0 radical (unpaired) electrons. The Morgan fingerprint density at radius 3 is 2.10 bits per heavy atom. The molecule has 6 rings (SSSR count). The van der Waals surface area contributed by atoms with Gasteiger partial charge in [0.25, 0.3) is 0 Å². The topological polar surface area (TPSA) is 0 Å². The van der Waals surface area contributed by atoms with Gasteiger partial charge in [0, 0.05) is 45.2 Å². The van der Waals surface area contributed by atoms with Gasteiger partial charge in [0.1, 0.15) is 0 Å². The molecule has 0 aliphatic rings. The molecule has 0 unspecified atom stereocenters. The highest BCUT2D eigenvalue weighted by Crippen LogP contribution is 2.49. The summed E-state index contributed by atoms with van der Waals surface area (Å²) in [5.41, 5.74) is 0. The molecule has 6 aromatic rings. The first kappa shape index (κ1) is 19.2. The summed E-state index contributed by atoms with van der Waals surface area (Å²) < 4.78 is 8.78. The molecule has 0 aliphatic heterocycles. The second-order valence-corrected chi connectivity index (χ2v) is 12.4. The SMILES string of the molecule is CCCCCCCCc1cc2c(ccc3c2sc2c4ccc5sccc5c4sc32)s1. The molecule has 4 aromatic heterocycles. The normalized spacial score (nSPS) is 12.4. The van der Waals surface area contributed by atoms with Crippen molar-refractivity contribution in [2.75, 3.05) is 0 Å². The van der Waals surface area contributed by atoms with E-state index in [4.69, 9.17) is 0 Å². The van der Waals surface area contributed by atoms with Gasteiger partial charge in [0.05, 0.1) is 9.40 Å². The maximum atomic E-state index is 2.49. The third-order valence-corrected chi connectivity index (χ3v) is 10.9. The first-order valence-corrected chi connectivity index (χ1v) is 14.3. The van der Waals surface area contributed by atoms with Gasteiger partial charge in [-0.25, -0.2) is 0 Å². The molecule has 0 spiro atoms. The van der Waals surface area contributed by atoms with Crippen LogP contribution in [-0.2, 0) is 6.42 Å². The molecule has 0 amide bonds. The van der Waals surface area contributed by atoms with Crippen LogP contribution in [0.2, 0.25) is 0 Å². The van der Waals surface area contributed by atoms with Crippen LogP contribution < -0.4 is 0 Å². The van der Waals surface area contributed by atoms with E-state index in [1.54, 1.807) is 4.88 Å².